The molecule has 0 aliphatic carbocycles. The van der Waals surface area contributed by atoms with Gasteiger partial charge in [-0.25, -0.2) is 4.79 Å². The fourth-order valence-corrected chi connectivity index (χ4v) is 2.73. The van der Waals surface area contributed by atoms with E-state index in [-0.39, 0.29) is 18.1 Å². The van der Waals surface area contributed by atoms with E-state index in [9.17, 15) is 9.90 Å². The molecule has 0 saturated carbocycles. The Morgan fingerprint density at radius 3 is 2.42 bits per heavy atom. The van der Waals surface area contributed by atoms with Crippen molar-refractivity contribution in [3.8, 4) is 0 Å². The van der Waals surface area contributed by atoms with Crippen LogP contribution in [0.1, 0.15) is 46.6 Å². The summed E-state index contributed by atoms with van der Waals surface area (Å²) in [6, 6.07) is 9.64. The predicted octanol–water partition coefficient (Wildman–Crippen LogP) is 3.76. The maximum atomic E-state index is 12.3. The van der Waals surface area contributed by atoms with E-state index in [0.717, 1.165) is 25.1 Å². The number of rotatable bonds is 4. The molecule has 1 unspecified atom stereocenters. The Morgan fingerprint density at radius 1 is 1.15 bits per heavy atom. The van der Waals surface area contributed by atoms with Crippen molar-refractivity contribution >= 4 is 6.09 Å². The van der Waals surface area contributed by atoms with Crippen LogP contribution >= 0.6 is 0 Å². The zero-order chi connectivity index (χ0) is 19.6. The monoisotopic (exact) mass is 364 g/mol. The summed E-state index contributed by atoms with van der Waals surface area (Å²) >= 11 is 0. The zero-order valence-electron chi connectivity index (χ0n) is 17.1. The number of hydrogen-bond acceptors (Lipinski definition) is 4. The number of amides is 1. The quantitative estimate of drug-likeness (QED) is 0.884. The molecule has 0 spiro atoms. The lowest BCUT2D eigenvalue weighted by atomic mass is 9.92. The zero-order valence-corrected chi connectivity index (χ0v) is 17.1. The average Bonchev–Trinajstić information content (AvgIpc) is 2.81. The van der Waals surface area contributed by atoms with Gasteiger partial charge in [-0.2, -0.15) is 0 Å². The first-order valence-electron chi connectivity index (χ1n) is 9.69. The van der Waals surface area contributed by atoms with Gasteiger partial charge >= 0.3 is 6.09 Å². The van der Waals surface area contributed by atoms with Gasteiger partial charge in [0.25, 0.3) is 0 Å². The third-order valence-corrected chi connectivity index (χ3v) is 4.23. The van der Waals surface area contributed by atoms with Crippen molar-refractivity contribution in [1.29, 1.82) is 0 Å². The lowest BCUT2D eigenvalue weighted by molar-refractivity contribution is 0.0750. The van der Waals surface area contributed by atoms with Crippen molar-refractivity contribution in [3.63, 3.8) is 0 Å². The second-order valence-electron chi connectivity index (χ2n) is 7.75. The van der Waals surface area contributed by atoms with Crippen molar-refractivity contribution in [1.82, 2.24) is 9.80 Å². The van der Waals surface area contributed by atoms with E-state index in [0.29, 0.717) is 19.6 Å². The number of ether oxygens (including phenoxy) is 1. The summed E-state index contributed by atoms with van der Waals surface area (Å²) in [7, 11) is 0. The highest BCUT2D eigenvalue weighted by atomic mass is 16.6. The Morgan fingerprint density at radius 2 is 1.81 bits per heavy atom. The molecule has 1 amide bonds. The Balaban J connectivity index is 0.00000163. The number of nitrogens with zero attached hydrogens (tertiary/aromatic N) is 2. The van der Waals surface area contributed by atoms with Gasteiger partial charge in [-0.1, -0.05) is 65.0 Å². The fraction of sp³-hybridized carbons (Fsp3) is 0.667. The Hall–Kier alpha value is -1.59. The number of aliphatic hydroxyl groups excluding tert-OH is 1. The number of carbonyl (C=O) groups is 1. The van der Waals surface area contributed by atoms with Crippen molar-refractivity contribution < 1.29 is 14.6 Å². The fourth-order valence-electron chi connectivity index (χ4n) is 2.73. The highest BCUT2D eigenvalue weighted by Gasteiger charge is 2.26. The van der Waals surface area contributed by atoms with Crippen LogP contribution in [-0.4, -0.2) is 59.8 Å². The Bertz CT molecular complexity index is 514. The molecule has 2 rings (SSSR count). The van der Waals surface area contributed by atoms with Crippen LogP contribution < -0.4 is 0 Å². The van der Waals surface area contributed by atoms with Crippen LogP contribution in [-0.2, 0) is 11.3 Å². The summed E-state index contributed by atoms with van der Waals surface area (Å²) in [5.74, 6) is 0. The third-order valence-electron chi connectivity index (χ3n) is 4.23. The summed E-state index contributed by atoms with van der Waals surface area (Å²) < 4.78 is 5.38. The molecule has 1 saturated heterocycles. The molecule has 0 aromatic heterocycles. The van der Waals surface area contributed by atoms with Gasteiger partial charge in [-0.05, 0) is 23.9 Å². The molecule has 1 N–H and O–H groups in total. The van der Waals surface area contributed by atoms with Crippen LogP contribution in [0.4, 0.5) is 4.79 Å². The van der Waals surface area contributed by atoms with E-state index < -0.39 is 6.10 Å². The lowest BCUT2D eigenvalue weighted by Gasteiger charge is -2.26. The minimum absolute atomic E-state index is 0.264. The molecule has 1 fully saturated rings. The molecule has 0 radical (unpaired) electrons. The van der Waals surface area contributed by atoms with E-state index in [1.54, 1.807) is 4.90 Å². The van der Waals surface area contributed by atoms with Gasteiger partial charge in [-0.15, -0.1) is 0 Å². The van der Waals surface area contributed by atoms with Gasteiger partial charge in [0.15, 0.2) is 0 Å². The molecule has 1 aromatic carbocycles. The molecule has 5 nitrogen and oxygen atoms in total. The van der Waals surface area contributed by atoms with E-state index in [4.69, 9.17) is 4.74 Å². The molecule has 1 aliphatic heterocycles. The van der Waals surface area contributed by atoms with Crippen LogP contribution in [0.2, 0.25) is 0 Å². The number of β-amino-alcohol motifs (C(OH)–C–C–N with tert-alkyl or cyclic N) is 1. The predicted molar refractivity (Wildman–Crippen MR) is 106 cm³/mol. The number of aliphatic hydroxyl groups is 1. The highest BCUT2D eigenvalue weighted by molar-refractivity contribution is 5.67. The molecular weight excluding hydrogens is 328 g/mol. The summed E-state index contributed by atoms with van der Waals surface area (Å²) in [5.41, 5.74) is 1.24. The highest BCUT2D eigenvalue weighted by Crippen LogP contribution is 2.19. The Kier molecular flexibility index (Phi) is 9.66. The van der Waals surface area contributed by atoms with Crippen LogP contribution in [0.5, 0.6) is 0 Å². The summed E-state index contributed by atoms with van der Waals surface area (Å²) in [4.78, 5) is 16.1. The van der Waals surface area contributed by atoms with Gasteiger partial charge in [-0.3, -0.25) is 4.90 Å². The number of benzene rings is 1. The number of carbonyl (C=O) groups excluding carboxylic acids is 1. The summed E-state index contributed by atoms with van der Waals surface area (Å²) in [6.45, 7) is 14.2. The summed E-state index contributed by atoms with van der Waals surface area (Å²) in [5, 5.41) is 10.2. The van der Waals surface area contributed by atoms with E-state index in [1.165, 1.54) is 0 Å². The first-order valence-corrected chi connectivity index (χ1v) is 9.69. The molecule has 1 aliphatic rings. The lowest BCUT2D eigenvalue weighted by Crippen LogP contribution is -2.38. The van der Waals surface area contributed by atoms with Gasteiger partial charge < -0.3 is 14.7 Å². The molecule has 1 aromatic rings. The number of hydrogen-bond donors (Lipinski definition) is 1. The minimum Gasteiger partial charge on any atom is -0.445 e. The average molecular weight is 365 g/mol. The SMILES string of the molecule is CC.CC(C)(C)CCN1CCN(C(=O)OCc2ccccc2)CC(O)C1. The maximum Gasteiger partial charge on any atom is 0.410 e. The first-order chi connectivity index (χ1) is 12.3. The Labute approximate surface area is 158 Å². The van der Waals surface area contributed by atoms with Crippen molar-refractivity contribution in [2.24, 2.45) is 5.41 Å². The van der Waals surface area contributed by atoms with Gasteiger partial charge in [0.05, 0.1) is 12.6 Å². The van der Waals surface area contributed by atoms with Crippen molar-refractivity contribution in [2.45, 2.75) is 53.8 Å². The van der Waals surface area contributed by atoms with Crippen molar-refractivity contribution in [3.05, 3.63) is 35.9 Å². The summed E-state index contributed by atoms with van der Waals surface area (Å²) in [6.07, 6.45) is 0.186. The van der Waals surface area contributed by atoms with Gasteiger partial charge in [0.1, 0.15) is 6.61 Å². The van der Waals surface area contributed by atoms with E-state index >= 15 is 0 Å². The van der Waals surface area contributed by atoms with Crippen molar-refractivity contribution in [2.75, 3.05) is 32.7 Å². The molecule has 0 bridgehead atoms. The van der Waals surface area contributed by atoms with E-state index in [1.807, 2.05) is 44.2 Å². The molecule has 26 heavy (non-hydrogen) atoms. The normalized spacial score (nSPS) is 18.5. The topological polar surface area (TPSA) is 53.0 Å². The van der Waals surface area contributed by atoms with E-state index in [2.05, 4.69) is 25.7 Å². The molecule has 148 valence electrons. The van der Waals surface area contributed by atoms with Crippen LogP contribution in [0.25, 0.3) is 0 Å². The van der Waals surface area contributed by atoms with Crippen LogP contribution in [0, 0.1) is 5.41 Å². The maximum absolute atomic E-state index is 12.3. The molecule has 1 heterocycles. The largest absolute Gasteiger partial charge is 0.445 e. The second kappa shape index (κ2) is 11.2. The minimum atomic E-state index is -0.531. The van der Waals surface area contributed by atoms with Gasteiger partial charge in [0.2, 0.25) is 0 Å². The van der Waals surface area contributed by atoms with Crippen LogP contribution in [0.3, 0.4) is 0 Å². The molecule has 5 heteroatoms. The standard InChI is InChI=1S/C19H30N2O3.C2H6/c1-19(2,3)9-10-20-11-12-21(14-17(22)13-20)18(23)24-15-16-7-5-4-6-8-16;1-2/h4-8,17,22H,9-15H2,1-3H3;1-2H3. The molecule has 1 atom stereocenters. The third kappa shape index (κ3) is 8.68. The van der Waals surface area contributed by atoms with Crippen LogP contribution in [0.15, 0.2) is 30.3 Å². The van der Waals surface area contributed by atoms with Gasteiger partial charge in [0, 0.05) is 19.6 Å². The second-order valence-corrected chi connectivity index (χ2v) is 7.75. The molecular formula is C21H36N2O3. The smallest absolute Gasteiger partial charge is 0.410 e. The first kappa shape index (κ1) is 22.5.